The van der Waals surface area contributed by atoms with Crippen molar-refractivity contribution in [2.24, 2.45) is 34.5 Å². The van der Waals surface area contributed by atoms with Crippen LogP contribution in [-0.4, -0.2) is 27.6 Å². The molecule has 2 N–H and O–H groups in total. The van der Waals surface area contributed by atoms with Crippen molar-refractivity contribution in [3.8, 4) is 0 Å². The second-order valence-corrected chi connectivity index (χ2v) is 12.1. The Morgan fingerprint density at radius 2 is 1.84 bits per heavy atom. The normalized spacial score (nSPS) is 43.2. The Balaban J connectivity index is 1.64. The van der Waals surface area contributed by atoms with Gasteiger partial charge in [-0.2, -0.15) is 0 Å². The molecule has 4 rings (SSSR count). The molecule has 0 spiro atoms. The molecular formula is C28H44O4. The van der Waals surface area contributed by atoms with E-state index in [9.17, 15) is 19.8 Å². The van der Waals surface area contributed by atoms with Gasteiger partial charge < -0.3 is 10.2 Å². The lowest BCUT2D eigenvalue weighted by Gasteiger charge is -2.61. The Hall–Kier alpha value is -1.16. The first-order valence-corrected chi connectivity index (χ1v) is 13.3. The van der Waals surface area contributed by atoms with Gasteiger partial charge in [-0.25, -0.2) is 0 Å². The lowest BCUT2D eigenvalue weighted by molar-refractivity contribution is -0.152. The molecule has 4 nitrogen and oxygen atoms in total. The first-order chi connectivity index (χ1) is 15.1. The summed E-state index contributed by atoms with van der Waals surface area (Å²) in [6, 6.07) is 0. The molecule has 0 saturated heterocycles. The number of carbonyl (C=O) groups is 2. The predicted octanol–water partition coefficient (Wildman–Crippen LogP) is 6.31. The van der Waals surface area contributed by atoms with E-state index >= 15 is 0 Å². The van der Waals surface area contributed by atoms with Crippen LogP contribution in [0.15, 0.2) is 11.6 Å². The second kappa shape index (κ2) is 8.89. The van der Waals surface area contributed by atoms with Crippen molar-refractivity contribution in [3.05, 3.63) is 11.6 Å². The van der Waals surface area contributed by atoms with Crippen LogP contribution in [0.1, 0.15) is 111 Å². The maximum atomic E-state index is 12.3. The molecule has 0 heterocycles. The van der Waals surface area contributed by atoms with E-state index in [2.05, 4.69) is 20.8 Å². The number of rotatable bonds is 8. The van der Waals surface area contributed by atoms with E-state index < -0.39 is 11.6 Å². The topological polar surface area (TPSA) is 74.6 Å². The molecule has 0 aromatic heterocycles. The van der Waals surface area contributed by atoms with Crippen molar-refractivity contribution in [3.63, 3.8) is 0 Å². The van der Waals surface area contributed by atoms with Crippen LogP contribution in [0.5, 0.6) is 0 Å². The first-order valence-electron chi connectivity index (χ1n) is 13.3. The average Bonchev–Trinajstić information content (AvgIpc) is 3.02. The Morgan fingerprint density at radius 1 is 1.09 bits per heavy atom. The first kappa shape index (κ1) is 24.0. The number of carboxylic acid groups (broad SMARTS) is 1. The zero-order chi connectivity index (χ0) is 23.1. The van der Waals surface area contributed by atoms with Crippen LogP contribution in [0, 0.1) is 34.5 Å². The smallest absolute Gasteiger partial charge is 0.303 e. The molecule has 3 saturated carbocycles. The molecule has 180 valence electrons. The molecule has 0 aliphatic heterocycles. The highest BCUT2D eigenvalue weighted by Crippen LogP contribution is 2.69. The van der Waals surface area contributed by atoms with Crippen LogP contribution in [0.3, 0.4) is 0 Å². The van der Waals surface area contributed by atoms with Crippen LogP contribution < -0.4 is 0 Å². The molecular weight excluding hydrogens is 400 g/mol. The molecule has 3 fully saturated rings. The van der Waals surface area contributed by atoms with Crippen molar-refractivity contribution < 1.29 is 19.8 Å². The van der Waals surface area contributed by atoms with Gasteiger partial charge in [-0.3, -0.25) is 9.59 Å². The summed E-state index contributed by atoms with van der Waals surface area (Å²) in [5.74, 6) is 1.74. The van der Waals surface area contributed by atoms with Gasteiger partial charge in [0.05, 0.1) is 5.60 Å². The van der Waals surface area contributed by atoms with Gasteiger partial charge in [-0.15, -0.1) is 0 Å². The van der Waals surface area contributed by atoms with E-state index in [0.29, 0.717) is 42.3 Å². The summed E-state index contributed by atoms with van der Waals surface area (Å²) in [5, 5.41) is 21.0. The molecule has 4 heteroatoms. The van der Waals surface area contributed by atoms with Gasteiger partial charge in [0.25, 0.3) is 0 Å². The number of unbranched alkanes of at least 4 members (excludes halogenated alkanes) is 3. The molecule has 4 aliphatic rings. The third-order valence-corrected chi connectivity index (χ3v) is 10.6. The van der Waals surface area contributed by atoms with Crippen molar-refractivity contribution in [1.29, 1.82) is 0 Å². The standard InChI is InChI=1S/C28H44O4/c1-4-5-6-7-8-19-17-20-18-21(29)9-13-26(20,2)22-10-14-27(3)23(25(19)22)11-15-28(27,32)16-12-24(30)31/h18-19,22-23,25,32H,4-17H2,1-3H3,(H,30,31)/t19-,22-,23-,25+,26-,27-,28-/m0/s1. The van der Waals surface area contributed by atoms with Crippen LogP contribution in [0.2, 0.25) is 0 Å². The van der Waals surface area contributed by atoms with Crippen molar-refractivity contribution in [2.45, 2.75) is 116 Å². The Kier molecular flexibility index (Phi) is 6.66. The van der Waals surface area contributed by atoms with Crippen LogP contribution in [0.4, 0.5) is 0 Å². The fourth-order valence-electron chi connectivity index (χ4n) is 8.67. The van der Waals surface area contributed by atoms with E-state index in [4.69, 9.17) is 0 Å². The molecule has 7 atom stereocenters. The molecule has 0 bridgehead atoms. The highest BCUT2D eigenvalue weighted by molar-refractivity contribution is 5.91. The summed E-state index contributed by atoms with van der Waals surface area (Å²) < 4.78 is 0. The van der Waals surface area contributed by atoms with Crippen molar-refractivity contribution in [2.75, 3.05) is 0 Å². The predicted molar refractivity (Wildman–Crippen MR) is 126 cm³/mol. The van der Waals surface area contributed by atoms with E-state index in [1.54, 1.807) is 0 Å². The summed E-state index contributed by atoms with van der Waals surface area (Å²) in [6.45, 7) is 6.95. The monoisotopic (exact) mass is 444 g/mol. The minimum absolute atomic E-state index is 0.0556. The van der Waals surface area contributed by atoms with Gasteiger partial charge in [-0.1, -0.05) is 52.0 Å². The summed E-state index contributed by atoms with van der Waals surface area (Å²) >= 11 is 0. The summed E-state index contributed by atoms with van der Waals surface area (Å²) in [7, 11) is 0. The Morgan fingerprint density at radius 3 is 2.56 bits per heavy atom. The molecule has 0 aromatic carbocycles. The van der Waals surface area contributed by atoms with Crippen LogP contribution in [0.25, 0.3) is 0 Å². The summed E-state index contributed by atoms with van der Waals surface area (Å²) in [6.07, 6.45) is 15.3. The van der Waals surface area contributed by atoms with E-state index in [0.717, 1.165) is 38.5 Å². The van der Waals surface area contributed by atoms with Gasteiger partial charge in [0.15, 0.2) is 5.78 Å². The van der Waals surface area contributed by atoms with Crippen LogP contribution >= 0.6 is 0 Å². The molecule has 0 unspecified atom stereocenters. The Bertz CT molecular complexity index is 771. The summed E-state index contributed by atoms with van der Waals surface area (Å²) in [4.78, 5) is 23.6. The third kappa shape index (κ3) is 3.89. The number of ketones is 1. The Labute approximate surface area is 194 Å². The number of aliphatic hydroxyl groups is 1. The highest BCUT2D eigenvalue weighted by Gasteiger charge is 2.65. The number of aliphatic carboxylic acids is 1. The minimum Gasteiger partial charge on any atom is -0.481 e. The number of carboxylic acids is 1. The van der Waals surface area contributed by atoms with Gasteiger partial charge in [0.1, 0.15) is 0 Å². The number of carbonyl (C=O) groups excluding carboxylic acids is 1. The van der Waals surface area contributed by atoms with E-state index in [1.807, 2.05) is 6.08 Å². The number of allylic oxidation sites excluding steroid dienone is 1. The molecule has 4 aliphatic carbocycles. The molecule has 32 heavy (non-hydrogen) atoms. The largest absolute Gasteiger partial charge is 0.481 e. The SMILES string of the molecule is CCCCCC[C@H]1CC2=CC(=O)CC[C@]2(C)[C@H]2CC[C@@]3(C)[C@@H](CC[C@]3(O)CCC(=O)O)[C@H]12. The van der Waals surface area contributed by atoms with Crippen molar-refractivity contribution >= 4 is 11.8 Å². The fraction of sp³-hybridized carbons (Fsp3) is 0.857. The summed E-state index contributed by atoms with van der Waals surface area (Å²) in [5.41, 5.74) is 0.501. The molecule has 0 amide bonds. The quantitative estimate of drug-likeness (QED) is 0.430. The van der Waals surface area contributed by atoms with Gasteiger partial charge >= 0.3 is 5.97 Å². The maximum absolute atomic E-state index is 12.3. The van der Waals surface area contributed by atoms with Crippen molar-refractivity contribution in [1.82, 2.24) is 0 Å². The molecule has 0 aromatic rings. The van der Waals surface area contributed by atoms with Crippen LogP contribution in [-0.2, 0) is 9.59 Å². The average molecular weight is 445 g/mol. The number of hydrogen-bond donors (Lipinski definition) is 2. The highest BCUT2D eigenvalue weighted by atomic mass is 16.4. The third-order valence-electron chi connectivity index (χ3n) is 10.6. The van der Waals surface area contributed by atoms with Gasteiger partial charge in [0, 0.05) is 12.8 Å². The lowest BCUT2D eigenvalue weighted by Crippen LogP contribution is -2.57. The maximum Gasteiger partial charge on any atom is 0.303 e. The fourth-order valence-corrected chi connectivity index (χ4v) is 8.67. The van der Waals surface area contributed by atoms with Gasteiger partial charge in [0.2, 0.25) is 0 Å². The zero-order valence-corrected chi connectivity index (χ0v) is 20.5. The van der Waals surface area contributed by atoms with Gasteiger partial charge in [-0.05, 0) is 91.9 Å². The number of fused-ring (bicyclic) bond motifs is 5. The lowest BCUT2D eigenvalue weighted by atomic mass is 9.43. The van der Waals surface area contributed by atoms with E-state index in [-0.39, 0.29) is 17.3 Å². The molecule has 0 radical (unpaired) electrons. The zero-order valence-electron chi connectivity index (χ0n) is 20.5. The second-order valence-electron chi connectivity index (χ2n) is 12.1. The number of hydrogen-bond acceptors (Lipinski definition) is 3. The van der Waals surface area contributed by atoms with E-state index in [1.165, 1.54) is 37.7 Å². The minimum atomic E-state index is -0.854.